The van der Waals surface area contributed by atoms with E-state index >= 15 is 0 Å². The normalized spacial score (nSPS) is 19.1. The number of esters is 1. The Hall–Kier alpha value is -3.48. The molecule has 0 radical (unpaired) electrons. The number of anilines is 1. The lowest BCUT2D eigenvalue weighted by Crippen LogP contribution is -2.37. The van der Waals surface area contributed by atoms with Crippen LogP contribution in [-0.2, 0) is 14.3 Å². The molecule has 2 aliphatic heterocycles. The molecule has 0 aromatic heterocycles. The Balaban J connectivity index is 1.79. The lowest BCUT2D eigenvalue weighted by Gasteiger charge is -2.32. The summed E-state index contributed by atoms with van der Waals surface area (Å²) in [4.78, 5) is 37.3. The minimum atomic E-state index is -0.482. The molecule has 0 saturated heterocycles. The van der Waals surface area contributed by atoms with Crippen LogP contribution in [0.1, 0.15) is 23.5 Å². The maximum atomic E-state index is 12.9. The highest BCUT2D eigenvalue weighted by Gasteiger charge is 2.43. The van der Waals surface area contributed by atoms with Crippen molar-refractivity contribution in [1.29, 1.82) is 0 Å². The van der Waals surface area contributed by atoms with Crippen LogP contribution in [0.5, 0.6) is 0 Å². The molecule has 2 aromatic carbocycles. The third kappa shape index (κ3) is 2.87. The molecule has 27 heavy (non-hydrogen) atoms. The molecular formula is C20H16N2O5. The molecule has 1 unspecified atom stereocenters. The van der Waals surface area contributed by atoms with Crippen LogP contribution in [0.3, 0.4) is 0 Å². The van der Waals surface area contributed by atoms with Crippen molar-refractivity contribution in [2.24, 2.45) is 0 Å². The zero-order chi connectivity index (χ0) is 19.1. The van der Waals surface area contributed by atoms with Crippen molar-refractivity contribution in [2.75, 3.05) is 11.5 Å². The number of nitrogens with zero attached hydrogens (tertiary/aromatic N) is 2. The monoisotopic (exact) mass is 364 g/mol. The SMILES string of the molecule is Cc1cccc(N2C(=O)CC(c3ccc([N+](=O)[O-])cc3)C3=C2COC3=O)c1. The van der Waals surface area contributed by atoms with Crippen molar-refractivity contribution < 1.29 is 19.2 Å². The fraction of sp³-hybridized carbons (Fsp3) is 0.200. The van der Waals surface area contributed by atoms with Gasteiger partial charge in [0.05, 0.1) is 16.2 Å². The summed E-state index contributed by atoms with van der Waals surface area (Å²) >= 11 is 0. The second kappa shape index (κ2) is 6.35. The lowest BCUT2D eigenvalue weighted by atomic mass is 9.84. The number of amides is 1. The number of carbonyl (C=O) groups excluding carboxylic acids is 2. The first-order chi connectivity index (χ1) is 13.0. The van der Waals surface area contributed by atoms with E-state index in [0.717, 1.165) is 5.56 Å². The number of nitro groups is 1. The molecule has 1 amide bonds. The maximum absolute atomic E-state index is 12.9. The number of nitro benzene ring substituents is 1. The molecular weight excluding hydrogens is 348 g/mol. The van der Waals surface area contributed by atoms with Gasteiger partial charge in [0.15, 0.2) is 0 Å². The smallest absolute Gasteiger partial charge is 0.336 e. The summed E-state index contributed by atoms with van der Waals surface area (Å²) in [6.07, 6.45) is 0.0969. The fourth-order valence-electron chi connectivity index (χ4n) is 3.63. The number of hydrogen-bond acceptors (Lipinski definition) is 5. The van der Waals surface area contributed by atoms with Gasteiger partial charge in [0.1, 0.15) is 6.61 Å². The van der Waals surface area contributed by atoms with E-state index in [1.165, 1.54) is 12.1 Å². The van der Waals surface area contributed by atoms with Gasteiger partial charge in [0.25, 0.3) is 5.69 Å². The molecule has 1 atom stereocenters. The quantitative estimate of drug-likeness (QED) is 0.474. The highest BCUT2D eigenvalue weighted by molar-refractivity contribution is 6.06. The van der Waals surface area contributed by atoms with E-state index in [1.807, 2.05) is 31.2 Å². The van der Waals surface area contributed by atoms with Crippen LogP contribution in [0.15, 0.2) is 59.8 Å². The van der Waals surface area contributed by atoms with E-state index < -0.39 is 16.8 Å². The van der Waals surface area contributed by atoms with E-state index in [2.05, 4.69) is 0 Å². The Morgan fingerprint density at radius 2 is 1.89 bits per heavy atom. The number of rotatable bonds is 3. The molecule has 0 N–H and O–H groups in total. The molecule has 2 heterocycles. The van der Waals surface area contributed by atoms with Crippen molar-refractivity contribution in [2.45, 2.75) is 19.3 Å². The molecule has 4 rings (SSSR count). The van der Waals surface area contributed by atoms with Gasteiger partial charge < -0.3 is 4.74 Å². The van der Waals surface area contributed by atoms with Gasteiger partial charge in [-0.3, -0.25) is 19.8 Å². The van der Waals surface area contributed by atoms with Crippen LogP contribution in [0.25, 0.3) is 0 Å². The summed E-state index contributed by atoms with van der Waals surface area (Å²) < 4.78 is 5.23. The second-order valence-electron chi connectivity index (χ2n) is 6.61. The van der Waals surface area contributed by atoms with Gasteiger partial charge in [-0.15, -0.1) is 0 Å². The zero-order valence-electron chi connectivity index (χ0n) is 14.5. The van der Waals surface area contributed by atoms with Crippen molar-refractivity contribution in [3.8, 4) is 0 Å². The Bertz CT molecular complexity index is 994. The predicted molar refractivity (Wildman–Crippen MR) is 97.1 cm³/mol. The zero-order valence-corrected chi connectivity index (χ0v) is 14.5. The highest BCUT2D eigenvalue weighted by Crippen LogP contribution is 2.42. The summed E-state index contributed by atoms with van der Waals surface area (Å²) in [6.45, 7) is 1.97. The van der Waals surface area contributed by atoms with E-state index in [-0.39, 0.29) is 24.6 Å². The predicted octanol–water partition coefficient (Wildman–Crippen LogP) is 3.23. The van der Waals surface area contributed by atoms with Gasteiger partial charge in [-0.1, -0.05) is 24.3 Å². The maximum Gasteiger partial charge on any atom is 0.336 e. The lowest BCUT2D eigenvalue weighted by molar-refractivity contribution is -0.384. The van der Waals surface area contributed by atoms with Crippen molar-refractivity contribution >= 4 is 23.3 Å². The summed E-state index contributed by atoms with van der Waals surface area (Å²) in [5.74, 6) is -1.05. The molecule has 0 saturated carbocycles. The number of cyclic esters (lactones) is 1. The summed E-state index contributed by atoms with van der Waals surface area (Å²) in [5.41, 5.74) is 3.35. The molecule has 2 aliphatic rings. The number of benzene rings is 2. The first kappa shape index (κ1) is 17.0. The average molecular weight is 364 g/mol. The largest absolute Gasteiger partial charge is 0.456 e. The van der Waals surface area contributed by atoms with Gasteiger partial charge in [-0.05, 0) is 30.2 Å². The van der Waals surface area contributed by atoms with Gasteiger partial charge in [-0.25, -0.2) is 4.79 Å². The summed E-state index contributed by atoms with van der Waals surface area (Å²) in [6, 6.07) is 13.5. The van der Waals surface area contributed by atoms with E-state index in [9.17, 15) is 19.7 Å². The topological polar surface area (TPSA) is 89.8 Å². The van der Waals surface area contributed by atoms with E-state index in [0.29, 0.717) is 22.5 Å². The highest BCUT2D eigenvalue weighted by atomic mass is 16.6. The van der Waals surface area contributed by atoms with Crippen LogP contribution < -0.4 is 4.90 Å². The van der Waals surface area contributed by atoms with Gasteiger partial charge >= 0.3 is 5.97 Å². The summed E-state index contributed by atoms with van der Waals surface area (Å²) in [5, 5.41) is 10.9. The number of hydrogen-bond donors (Lipinski definition) is 0. The number of carbonyl (C=O) groups is 2. The third-order valence-electron chi connectivity index (χ3n) is 4.88. The molecule has 0 spiro atoms. The van der Waals surface area contributed by atoms with Crippen molar-refractivity contribution in [1.82, 2.24) is 0 Å². The number of non-ortho nitro benzene ring substituents is 1. The standard InChI is InChI=1S/C20H16N2O5/c1-12-3-2-4-15(9-12)21-17-11-27-20(24)19(17)16(10-18(21)23)13-5-7-14(8-6-13)22(25)26/h2-9,16H,10-11H2,1H3. The molecule has 2 aromatic rings. The molecule has 0 bridgehead atoms. The average Bonchev–Trinajstić information content (AvgIpc) is 3.02. The van der Waals surface area contributed by atoms with Gasteiger partial charge in [0, 0.05) is 30.2 Å². The number of aryl methyl sites for hydroxylation is 1. The van der Waals surface area contributed by atoms with E-state index in [4.69, 9.17) is 4.74 Å². The fourth-order valence-corrected chi connectivity index (χ4v) is 3.63. The van der Waals surface area contributed by atoms with Crippen molar-refractivity contribution in [3.05, 3.63) is 81.0 Å². The Morgan fingerprint density at radius 3 is 2.56 bits per heavy atom. The van der Waals surface area contributed by atoms with Crippen LogP contribution in [0.2, 0.25) is 0 Å². The first-order valence-corrected chi connectivity index (χ1v) is 8.50. The molecule has 136 valence electrons. The summed E-state index contributed by atoms with van der Waals surface area (Å²) in [7, 11) is 0. The van der Waals surface area contributed by atoms with Crippen LogP contribution in [-0.4, -0.2) is 23.4 Å². The van der Waals surface area contributed by atoms with Crippen LogP contribution in [0.4, 0.5) is 11.4 Å². The van der Waals surface area contributed by atoms with Crippen LogP contribution in [0, 0.1) is 17.0 Å². The minimum Gasteiger partial charge on any atom is -0.456 e. The number of ether oxygens (including phenoxy) is 1. The van der Waals surface area contributed by atoms with Gasteiger partial charge in [0.2, 0.25) is 5.91 Å². The van der Waals surface area contributed by atoms with Gasteiger partial charge in [-0.2, -0.15) is 0 Å². The molecule has 7 heteroatoms. The third-order valence-corrected chi connectivity index (χ3v) is 4.88. The Kier molecular flexibility index (Phi) is 3.99. The van der Waals surface area contributed by atoms with E-state index in [1.54, 1.807) is 17.0 Å². The molecule has 7 nitrogen and oxygen atoms in total. The first-order valence-electron chi connectivity index (χ1n) is 8.50. The molecule has 0 aliphatic carbocycles. The minimum absolute atomic E-state index is 0.0366. The Labute approximate surface area is 155 Å². The Morgan fingerprint density at radius 1 is 1.15 bits per heavy atom. The van der Waals surface area contributed by atoms with Crippen molar-refractivity contribution in [3.63, 3.8) is 0 Å². The second-order valence-corrected chi connectivity index (χ2v) is 6.61. The van der Waals surface area contributed by atoms with Crippen LogP contribution >= 0.6 is 0 Å². The molecule has 0 fully saturated rings.